The number of nitrogens with zero attached hydrogens (tertiary/aromatic N) is 3. The molecule has 0 radical (unpaired) electrons. The van der Waals surface area contributed by atoms with Crippen LogP contribution in [0.5, 0.6) is 0 Å². The molecule has 148 valence electrons. The second-order valence-corrected chi connectivity index (χ2v) is 8.05. The highest BCUT2D eigenvalue weighted by Gasteiger charge is 2.13. The van der Waals surface area contributed by atoms with Gasteiger partial charge in [-0.3, -0.25) is 9.97 Å². The molecule has 0 aliphatic carbocycles. The Morgan fingerprint density at radius 3 is 2.03 bits per heavy atom. The second-order valence-electron chi connectivity index (χ2n) is 8.05. The van der Waals surface area contributed by atoms with Gasteiger partial charge in [0.25, 0.3) is 0 Å². The van der Waals surface area contributed by atoms with Gasteiger partial charge in [-0.2, -0.15) is 0 Å². The predicted molar refractivity (Wildman–Crippen MR) is 125 cm³/mol. The lowest BCUT2D eigenvalue weighted by Gasteiger charge is -2.13. The van der Waals surface area contributed by atoms with Gasteiger partial charge in [0.15, 0.2) is 0 Å². The Balaban J connectivity index is 1.62. The van der Waals surface area contributed by atoms with E-state index in [1.54, 1.807) is 0 Å². The third-order valence-electron chi connectivity index (χ3n) is 6.24. The first-order valence-corrected chi connectivity index (χ1v) is 10.6. The van der Waals surface area contributed by atoms with Gasteiger partial charge < -0.3 is 4.57 Å². The summed E-state index contributed by atoms with van der Waals surface area (Å²) < 4.78 is 2.30. The van der Waals surface area contributed by atoms with Crippen LogP contribution in [0.2, 0.25) is 0 Å². The van der Waals surface area contributed by atoms with E-state index < -0.39 is 0 Å². The Morgan fingerprint density at radius 1 is 0.833 bits per heavy atom. The highest BCUT2D eigenvalue weighted by atomic mass is 15.0. The van der Waals surface area contributed by atoms with Gasteiger partial charge in [0, 0.05) is 41.2 Å². The van der Waals surface area contributed by atoms with Crippen molar-refractivity contribution in [2.75, 3.05) is 0 Å². The summed E-state index contributed by atoms with van der Waals surface area (Å²) in [7, 11) is 0. The smallest absolute Gasteiger partial charge is 0.0572 e. The fraction of sp³-hybridized carbons (Fsp3) is 0.185. The molecule has 3 heterocycles. The zero-order valence-corrected chi connectivity index (χ0v) is 17.6. The van der Waals surface area contributed by atoms with Crippen molar-refractivity contribution in [3.63, 3.8) is 0 Å². The van der Waals surface area contributed by atoms with E-state index in [-0.39, 0.29) is 0 Å². The van der Waals surface area contributed by atoms with Crippen molar-refractivity contribution >= 4 is 21.8 Å². The van der Waals surface area contributed by atoms with Crippen molar-refractivity contribution in [1.29, 1.82) is 0 Å². The molecule has 0 aliphatic heterocycles. The first kappa shape index (κ1) is 18.6. The fourth-order valence-electron chi connectivity index (χ4n) is 4.32. The van der Waals surface area contributed by atoms with Crippen molar-refractivity contribution < 1.29 is 0 Å². The largest absolute Gasteiger partial charge is 0.309 e. The minimum Gasteiger partial charge on any atom is -0.309 e. The molecule has 0 aliphatic rings. The molecule has 3 heteroatoms. The average Bonchev–Trinajstić information content (AvgIpc) is 3.13. The van der Waals surface area contributed by atoms with Gasteiger partial charge in [0.1, 0.15) is 0 Å². The lowest BCUT2D eigenvalue weighted by Crippen LogP contribution is -1.96. The molecule has 5 aromatic rings. The fourth-order valence-corrected chi connectivity index (χ4v) is 4.32. The van der Waals surface area contributed by atoms with Crippen molar-refractivity contribution in [1.82, 2.24) is 14.5 Å². The van der Waals surface area contributed by atoms with Gasteiger partial charge in [-0.1, -0.05) is 44.2 Å². The molecule has 0 bridgehead atoms. The number of fused-ring (bicyclic) bond motifs is 3. The SMILES string of the molecule is CCC(C)c1ccc(-c2ccc(-n3c4ccncc4c4cnccc43)cc2C)cc1. The van der Waals surface area contributed by atoms with Gasteiger partial charge in [0.2, 0.25) is 0 Å². The number of rotatable bonds is 4. The van der Waals surface area contributed by atoms with Crippen LogP contribution in [0, 0.1) is 6.92 Å². The first-order valence-electron chi connectivity index (χ1n) is 10.6. The number of pyridine rings is 2. The summed E-state index contributed by atoms with van der Waals surface area (Å²) in [4.78, 5) is 8.65. The van der Waals surface area contributed by atoms with Crippen molar-refractivity contribution in [3.8, 4) is 16.8 Å². The van der Waals surface area contributed by atoms with Crippen LogP contribution in [0.15, 0.2) is 79.4 Å². The highest BCUT2D eigenvalue weighted by Crippen LogP contribution is 2.33. The van der Waals surface area contributed by atoms with E-state index in [4.69, 9.17) is 0 Å². The quantitative estimate of drug-likeness (QED) is 0.328. The zero-order chi connectivity index (χ0) is 20.7. The standard InChI is InChI=1S/C27H25N3/c1-4-18(2)20-5-7-21(8-6-20)23-10-9-22(15-19(23)3)30-26-11-13-28-16-24(26)25-17-29-14-12-27(25)30/h5-18H,4H2,1-3H3. The van der Waals surface area contributed by atoms with Crippen LogP contribution in [-0.4, -0.2) is 14.5 Å². The van der Waals surface area contributed by atoms with Crippen LogP contribution >= 0.6 is 0 Å². The molecule has 0 saturated heterocycles. The zero-order valence-electron chi connectivity index (χ0n) is 17.6. The number of aryl methyl sites for hydroxylation is 1. The van der Waals surface area contributed by atoms with Gasteiger partial charge in [0.05, 0.1) is 11.0 Å². The molecule has 0 amide bonds. The summed E-state index contributed by atoms with van der Waals surface area (Å²) in [6.07, 6.45) is 8.72. The minimum absolute atomic E-state index is 0.599. The summed E-state index contributed by atoms with van der Waals surface area (Å²) in [5.41, 5.74) is 8.67. The molecule has 0 fully saturated rings. The van der Waals surface area contributed by atoms with Gasteiger partial charge in [-0.05, 0) is 65.8 Å². The van der Waals surface area contributed by atoms with Crippen LogP contribution in [0.4, 0.5) is 0 Å². The molecule has 2 aromatic carbocycles. The monoisotopic (exact) mass is 391 g/mol. The molecule has 3 nitrogen and oxygen atoms in total. The van der Waals surface area contributed by atoms with Crippen molar-refractivity contribution in [3.05, 3.63) is 90.5 Å². The van der Waals surface area contributed by atoms with Crippen LogP contribution in [0.25, 0.3) is 38.6 Å². The molecule has 0 saturated carbocycles. The Bertz CT molecular complexity index is 1290. The summed E-state index contributed by atoms with van der Waals surface area (Å²) in [5.74, 6) is 0.599. The molecule has 1 unspecified atom stereocenters. The first-order chi connectivity index (χ1) is 14.7. The summed E-state index contributed by atoms with van der Waals surface area (Å²) >= 11 is 0. The van der Waals surface area contributed by atoms with E-state index in [1.807, 2.05) is 24.8 Å². The Labute approximate surface area is 177 Å². The summed E-state index contributed by atoms with van der Waals surface area (Å²) in [6.45, 7) is 6.71. The maximum absolute atomic E-state index is 4.33. The van der Waals surface area contributed by atoms with E-state index in [2.05, 4.69) is 89.9 Å². The van der Waals surface area contributed by atoms with Gasteiger partial charge in [-0.25, -0.2) is 0 Å². The molecule has 0 spiro atoms. The van der Waals surface area contributed by atoms with Gasteiger partial charge >= 0.3 is 0 Å². The van der Waals surface area contributed by atoms with Crippen LogP contribution in [0.3, 0.4) is 0 Å². The van der Waals surface area contributed by atoms with Crippen LogP contribution in [-0.2, 0) is 0 Å². The molecule has 30 heavy (non-hydrogen) atoms. The molecule has 3 aromatic heterocycles. The number of hydrogen-bond donors (Lipinski definition) is 0. The van der Waals surface area contributed by atoms with E-state index >= 15 is 0 Å². The topological polar surface area (TPSA) is 30.7 Å². The Hall–Kier alpha value is -3.46. The van der Waals surface area contributed by atoms with E-state index in [0.717, 1.165) is 33.9 Å². The molecule has 5 rings (SSSR count). The van der Waals surface area contributed by atoms with E-state index in [1.165, 1.54) is 22.3 Å². The third-order valence-corrected chi connectivity index (χ3v) is 6.24. The van der Waals surface area contributed by atoms with E-state index in [0.29, 0.717) is 5.92 Å². The lowest BCUT2D eigenvalue weighted by atomic mass is 9.94. The second kappa shape index (κ2) is 7.42. The Kier molecular flexibility index (Phi) is 4.59. The van der Waals surface area contributed by atoms with Crippen molar-refractivity contribution in [2.45, 2.75) is 33.1 Å². The summed E-state index contributed by atoms with van der Waals surface area (Å²) in [5, 5.41) is 2.26. The Morgan fingerprint density at radius 2 is 1.47 bits per heavy atom. The molecule has 0 N–H and O–H groups in total. The molecular weight excluding hydrogens is 366 g/mol. The minimum atomic E-state index is 0.599. The molecular formula is C27H25N3. The number of benzene rings is 2. The maximum atomic E-state index is 4.33. The van der Waals surface area contributed by atoms with Crippen LogP contribution < -0.4 is 0 Å². The maximum Gasteiger partial charge on any atom is 0.0572 e. The van der Waals surface area contributed by atoms with Crippen LogP contribution in [0.1, 0.15) is 37.3 Å². The van der Waals surface area contributed by atoms with Gasteiger partial charge in [-0.15, -0.1) is 0 Å². The average molecular weight is 392 g/mol. The van der Waals surface area contributed by atoms with E-state index in [9.17, 15) is 0 Å². The van der Waals surface area contributed by atoms with Crippen molar-refractivity contribution in [2.24, 2.45) is 0 Å². The lowest BCUT2D eigenvalue weighted by molar-refractivity contribution is 0.734. The predicted octanol–water partition coefficient (Wildman–Crippen LogP) is 7.06. The summed E-state index contributed by atoms with van der Waals surface area (Å²) in [6, 6.07) is 19.9. The highest BCUT2D eigenvalue weighted by molar-refractivity contribution is 6.08. The number of aromatic nitrogens is 3. The normalized spacial score (nSPS) is 12.5. The molecule has 1 atom stereocenters. The number of hydrogen-bond acceptors (Lipinski definition) is 2. The third kappa shape index (κ3) is 2.98.